The van der Waals surface area contributed by atoms with Gasteiger partial charge in [0.1, 0.15) is 5.69 Å². The topological polar surface area (TPSA) is 121 Å². The second-order valence-corrected chi connectivity index (χ2v) is 7.14. The normalized spacial score (nSPS) is 13.0. The Bertz CT molecular complexity index is 1420. The molecule has 5 aromatic rings. The summed E-state index contributed by atoms with van der Waals surface area (Å²) >= 11 is 1.34. The fraction of sp³-hybridized carbons (Fsp3) is 0.111. The Kier molecular flexibility index (Phi) is 3.86. The molecule has 2 N–H and O–H groups in total. The Morgan fingerprint density at radius 3 is 2.80 bits per heavy atom. The summed E-state index contributed by atoms with van der Waals surface area (Å²) in [5.41, 5.74) is 8.01. The highest BCUT2D eigenvalue weighted by atomic mass is 32.1. The van der Waals surface area contributed by atoms with E-state index < -0.39 is 18.8 Å². The number of rotatable bonds is 5. The van der Waals surface area contributed by atoms with Gasteiger partial charge in [0.15, 0.2) is 5.13 Å². The summed E-state index contributed by atoms with van der Waals surface area (Å²) in [6, 6.07) is 8.30. The predicted molar refractivity (Wildman–Crippen MR) is 105 cm³/mol. The van der Waals surface area contributed by atoms with E-state index >= 15 is 0 Å². The number of hydrogen-bond acceptors (Lipinski definition) is 9. The van der Waals surface area contributed by atoms with E-state index in [9.17, 15) is 8.78 Å². The molecule has 0 spiro atoms. The molecule has 5 rings (SSSR count). The number of fused-ring (bicyclic) bond motifs is 1. The molecular weight excluding hydrogens is 414 g/mol. The van der Waals surface area contributed by atoms with Gasteiger partial charge in [-0.2, -0.15) is 8.78 Å². The van der Waals surface area contributed by atoms with Crippen molar-refractivity contribution >= 4 is 26.7 Å². The molecule has 0 aliphatic carbocycles. The summed E-state index contributed by atoms with van der Waals surface area (Å²) in [7, 11) is 0. The van der Waals surface area contributed by atoms with Gasteiger partial charge in [0.25, 0.3) is 5.89 Å². The largest absolute Gasteiger partial charge is 0.415 e. The fourth-order valence-corrected chi connectivity index (χ4v) is 3.47. The Morgan fingerprint density at radius 1 is 1.17 bits per heavy atom. The maximum Gasteiger partial charge on any atom is 0.314 e. The van der Waals surface area contributed by atoms with Crippen molar-refractivity contribution in [1.29, 1.82) is 0 Å². The molecule has 0 bridgehead atoms. The number of nitrogens with two attached hydrogens (primary N) is 1. The van der Waals surface area contributed by atoms with Crippen LogP contribution in [0.2, 0.25) is 0 Å². The van der Waals surface area contributed by atoms with Crippen molar-refractivity contribution in [2.75, 3.05) is 5.73 Å². The van der Waals surface area contributed by atoms with Crippen LogP contribution < -0.4 is 5.73 Å². The molecule has 0 aliphatic heterocycles. The first kappa shape index (κ1) is 16.0. The van der Waals surface area contributed by atoms with E-state index in [1.807, 2.05) is 12.1 Å². The molecule has 0 fully saturated rings. The zero-order valence-electron chi connectivity index (χ0n) is 16.9. The molecule has 4 heterocycles. The van der Waals surface area contributed by atoms with E-state index in [-0.39, 0.29) is 17.1 Å². The van der Waals surface area contributed by atoms with Crippen molar-refractivity contribution in [2.45, 2.75) is 12.9 Å². The van der Waals surface area contributed by atoms with Crippen molar-refractivity contribution in [3.63, 3.8) is 0 Å². The van der Waals surface area contributed by atoms with E-state index in [2.05, 4.69) is 30.5 Å². The summed E-state index contributed by atoms with van der Waals surface area (Å²) in [4.78, 5) is 8.29. The van der Waals surface area contributed by atoms with Gasteiger partial charge in [-0.05, 0) is 24.3 Å². The molecule has 0 unspecified atom stereocenters. The zero-order chi connectivity index (χ0) is 22.5. The number of nitrogens with zero attached hydrogens (tertiary/aromatic N) is 7. The highest BCUT2D eigenvalue weighted by Crippen LogP contribution is 2.28. The lowest BCUT2D eigenvalue weighted by Gasteiger charge is -2.01. The van der Waals surface area contributed by atoms with Crippen molar-refractivity contribution in [2.24, 2.45) is 0 Å². The number of benzene rings is 1. The Labute approximate surface area is 174 Å². The minimum absolute atomic E-state index is 0.0250. The Morgan fingerprint density at radius 2 is 2.03 bits per heavy atom. The van der Waals surface area contributed by atoms with Gasteiger partial charge in [-0.15, -0.1) is 15.3 Å². The smallest absolute Gasteiger partial charge is 0.314 e. The lowest BCUT2D eigenvalue weighted by Crippen LogP contribution is -2.02. The molecule has 30 heavy (non-hydrogen) atoms. The van der Waals surface area contributed by atoms with Gasteiger partial charge >= 0.3 is 6.43 Å². The molecule has 0 radical (unpaired) electrons. The third kappa shape index (κ3) is 3.48. The van der Waals surface area contributed by atoms with E-state index in [1.165, 1.54) is 35.9 Å². The van der Waals surface area contributed by atoms with E-state index in [1.54, 1.807) is 6.07 Å². The highest BCUT2D eigenvalue weighted by molar-refractivity contribution is 7.22. The van der Waals surface area contributed by atoms with Gasteiger partial charge in [-0.3, -0.25) is 4.98 Å². The molecule has 4 aromatic heterocycles. The average Bonchev–Trinajstić information content (AvgIpc) is 3.51. The molecule has 0 saturated heterocycles. The van der Waals surface area contributed by atoms with Crippen LogP contribution in [0.3, 0.4) is 0 Å². The first-order chi connectivity index (χ1) is 15.3. The van der Waals surface area contributed by atoms with Crippen LogP contribution in [-0.4, -0.2) is 35.2 Å². The number of pyridine rings is 1. The van der Waals surface area contributed by atoms with Crippen molar-refractivity contribution in [3.05, 3.63) is 54.3 Å². The highest BCUT2D eigenvalue weighted by Gasteiger charge is 2.17. The van der Waals surface area contributed by atoms with Gasteiger partial charge in [-0.1, -0.05) is 22.6 Å². The lowest BCUT2D eigenvalue weighted by molar-refractivity contribution is 0.116. The van der Waals surface area contributed by atoms with Gasteiger partial charge in [0.05, 0.1) is 36.9 Å². The molecule has 0 amide bonds. The molecule has 12 heteroatoms. The number of halogens is 2. The molecular formula is C18H12F2N8OS. The van der Waals surface area contributed by atoms with Gasteiger partial charge in [0, 0.05) is 11.8 Å². The summed E-state index contributed by atoms with van der Waals surface area (Å²) in [5.74, 6) is -0.934. The second kappa shape index (κ2) is 7.22. The molecule has 9 nitrogen and oxygen atoms in total. The summed E-state index contributed by atoms with van der Waals surface area (Å²) in [6.45, 7) is -2.13. The second-order valence-electron chi connectivity index (χ2n) is 6.07. The van der Waals surface area contributed by atoms with Gasteiger partial charge in [-0.25, -0.2) is 9.67 Å². The van der Waals surface area contributed by atoms with Crippen LogP contribution in [0.5, 0.6) is 0 Å². The standard InChI is InChI=1S/C18H12F2N8OS/c19-15(20)17-26-25-16(29-17)10-1-3-11(22-6-10)7-28-8-13(24-27-28)9-2-4-12-14(5-9)30-18(21)23-12/h1-6,8,15H,7H2,(H2,21,23)/i7D2. The SMILES string of the molecule is [2H]C([2H])(c1ccc(-c2nnc(C(F)F)o2)cn1)n1cc(-c2ccc3nc(N)sc3c2)nn1. The first-order valence-electron chi connectivity index (χ1n) is 9.49. The van der Waals surface area contributed by atoms with Crippen molar-refractivity contribution < 1.29 is 15.9 Å². The fourth-order valence-electron chi connectivity index (χ4n) is 2.70. The third-order valence-corrected chi connectivity index (χ3v) is 4.91. The van der Waals surface area contributed by atoms with Crippen LogP contribution in [0.25, 0.3) is 32.9 Å². The predicted octanol–water partition coefficient (Wildman–Crippen LogP) is 3.57. The number of aromatic nitrogens is 7. The lowest BCUT2D eigenvalue weighted by atomic mass is 10.1. The van der Waals surface area contributed by atoms with Crippen LogP contribution in [-0.2, 0) is 6.50 Å². The maximum atomic E-state index is 12.6. The Hall–Kier alpha value is -3.80. The number of thiazole rings is 1. The average molecular weight is 428 g/mol. The van der Waals surface area contributed by atoms with E-state index in [4.69, 9.17) is 12.9 Å². The quantitative estimate of drug-likeness (QED) is 0.451. The minimum Gasteiger partial charge on any atom is -0.415 e. The zero-order valence-corrected chi connectivity index (χ0v) is 15.7. The van der Waals surface area contributed by atoms with Crippen LogP contribution in [0, 0.1) is 0 Å². The van der Waals surface area contributed by atoms with Crippen LogP contribution in [0.15, 0.2) is 47.1 Å². The summed E-state index contributed by atoms with van der Waals surface area (Å²) < 4.78 is 48.9. The number of alkyl halides is 2. The first-order valence-corrected chi connectivity index (χ1v) is 9.30. The molecule has 1 aromatic carbocycles. The third-order valence-electron chi connectivity index (χ3n) is 4.06. The molecule has 150 valence electrons. The monoisotopic (exact) mass is 428 g/mol. The summed E-state index contributed by atoms with van der Waals surface area (Å²) in [5, 5.41) is 15.3. The van der Waals surface area contributed by atoms with Gasteiger partial charge in [0.2, 0.25) is 5.89 Å². The van der Waals surface area contributed by atoms with Crippen LogP contribution in [0.4, 0.5) is 13.9 Å². The van der Waals surface area contributed by atoms with Crippen molar-refractivity contribution in [1.82, 2.24) is 35.2 Å². The minimum atomic E-state index is -2.88. The van der Waals surface area contributed by atoms with Gasteiger partial charge < -0.3 is 10.2 Å². The van der Waals surface area contributed by atoms with Crippen molar-refractivity contribution in [3.8, 4) is 22.7 Å². The van der Waals surface area contributed by atoms with Crippen LogP contribution >= 0.6 is 11.3 Å². The number of nitrogen functional groups attached to an aromatic ring is 1. The molecule has 0 saturated carbocycles. The van der Waals surface area contributed by atoms with E-state index in [0.29, 0.717) is 10.8 Å². The number of hydrogen-bond donors (Lipinski definition) is 1. The Balaban J connectivity index is 1.42. The summed E-state index contributed by atoms with van der Waals surface area (Å²) in [6.07, 6.45) is -0.155. The van der Waals surface area contributed by atoms with E-state index in [0.717, 1.165) is 20.5 Å². The molecule has 0 atom stereocenters. The number of anilines is 1. The van der Waals surface area contributed by atoms with Crippen LogP contribution in [0.1, 0.15) is 20.8 Å². The maximum absolute atomic E-state index is 12.6. The molecule has 0 aliphatic rings.